The monoisotopic (exact) mass is 390 g/mol. The number of benzene rings is 2. The molecule has 0 aromatic heterocycles. The van der Waals surface area contributed by atoms with Crippen molar-refractivity contribution in [3.8, 4) is 11.1 Å². The van der Waals surface area contributed by atoms with Crippen molar-refractivity contribution >= 4 is 12.0 Å². The fraction of sp³-hybridized carbons (Fsp3) is 0.417. The van der Waals surface area contributed by atoms with Crippen LogP contribution in [0.15, 0.2) is 48.5 Å². The van der Waals surface area contributed by atoms with E-state index in [1.54, 1.807) is 0 Å². The van der Waals surface area contributed by atoms with Gasteiger partial charge in [-0.15, -0.1) is 0 Å². The van der Waals surface area contributed by atoms with E-state index < -0.39 is 0 Å². The molecular formula is C24H26N2O3. The largest absolute Gasteiger partial charge is 0.449 e. The Morgan fingerprint density at radius 2 is 1.62 bits per heavy atom. The fourth-order valence-corrected chi connectivity index (χ4v) is 5.75. The van der Waals surface area contributed by atoms with E-state index >= 15 is 0 Å². The molecule has 0 saturated heterocycles. The molecule has 0 heterocycles. The second kappa shape index (κ2) is 7.21. The van der Waals surface area contributed by atoms with E-state index in [9.17, 15) is 9.59 Å². The Kier molecular flexibility index (Phi) is 4.53. The van der Waals surface area contributed by atoms with Crippen LogP contribution in [-0.4, -0.2) is 24.6 Å². The van der Waals surface area contributed by atoms with E-state index in [2.05, 4.69) is 29.6 Å². The molecule has 5 nitrogen and oxygen atoms in total. The van der Waals surface area contributed by atoms with Gasteiger partial charge in [-0.05, 0) is 59.3 Å². The van der Waals surface area contributed by atoms with Gasteiger partial charge in [0.1, 0.15) is 6.61 Å². The maximum atomic E-state index is 12.5. The SMILES string of the molecule is NC(=O)CC1CC2CC(NC(=O)OCC3c4ccccc4-c4ccccc43)C2C1. The molecular weight excluding hydrogens is 364 g/mol. The molecule has 2 aromatic rings. The van der Waals surface area contributed by atoms with E-state index in [0.29, 0.717) is 30.8 Å². The summed E-state index contributed by atoms with van der Waals surface area (Å²) < 4.78 is 5.66. The molecule has 29 heavy (non-hydrogen) atoms. The van der Waals surface area contributed by atoms with Crippen molar-refractivity contribution in [3.05, 3.63) is 59.7 Å². The van der Waals surface area contributed by atoms with Crippen molar-refractivity contribution in [3.63, 3.8) is 0 Å². The van der Waals surface area contributed by atoms with Crippen LogP contribution < -0.4 is 11.1 Å². The summed E-state index contributed by atoms with van der Waals surface area (Å²) in [7, 11) is 0. The Balaban J connectivity index is 1.19. The molecule has 2 amide bonds. The molecule has 3 N–H and O–H groups in total. The highest BCUT2D eigenvalue weighted by atomic mass is 16.5. The summed E-state index contributed by atoms with van der Waals surface area (Å²) in [6.07, 6.45) is 3.13. The first-order chi connectivity index (χ1) is 14.1. The minimum atomic E-state index is -0.339. The second-order valence-corrected chi connectivity index (χ2v) is 8.74. The molecule has 150 valence electrons. The lowest BCUT2D eigenvalue weighted by Crippen LogP contribution is -2.50. The van der Waals surface area contributed by atoms with Gasteiger partial charge in [0.15, 0.2) is 0 Å². The van der Waals surface area contributed by atoms with E-state index in [-0.39, 0.29) is 24.0 Å². The van der Waals surface area contributed by atoms with E-state index in [4.69, 9.17) is 10.5 Å². The summed E-state index contributed by atoms with van der Waals surface area (Å²) in [5.74, 6) is 1.29. The molecule has 5 heteroatoms. The van der Waals surface area contributed by atoms with Crippen LogP contribution in [0.4, 0.5) is 4.79 Å². The second-order valence-electron chi connectivity index (χ2n) is 8.74. The van der Waals surface area contributed by atoms with E-state index in [0.717, 1.165) is 19.3 Å². The van der Waals surface area contributed by atoms with Gasteiger partial charge < -0.3 is 15.8 Å². The van der Waals surface area contributed by atoms with Crippen molar-refractivity contribution < 1.29 is 14.3 Å². The average molecular weight is 390 g/mol. The lowest BCUT2D eigenvalue weighted by Gasteiger charge is -2.40. The van der Waals surface area contributed by atoms with Crippen molar-refractivity contribution in [1.82, 2.24) is 5.32 Å². The van der Waals surface area contributed by atoms with Crippen LogP contribution in [0.2, 0.25) is 0 Å². The van der Waals surface area contributed by atoms with Crippen LogP contribution in [0.5, 0.6) is 0 Å². The Hall–Kier alpha value is -2.82. The number of carbonyl (C=O) groups excluding carboxylic acids is 2. The average Bonchev–Trinajstić information content (AvgIpc) is 3.19. The zero-order valence-electron chi connectivity index (χ0n) is 16.3. The van der Waals surface area contributed by atoms with Gasteiger partial charge in [-0.1, -0.05) is 48.5 Å². The lowest BCUT2D eigenvalue weighted by atomic mass is 9.71. The van der Waals surface area contributed by atoms with E-state index in [1.165, 1.54) is 22.3 Å². The van der Waals surface area contributed by atoms with Crippen LogP contribution in [0.25, 0.3) is 11.1 Å². The molecule has 3 aliphatic rings. The van der Waals surface area contributed by atoms with Gasteiger partial charge >= 0.3 is 6.09 Å². The summed E-state index contributed by atoms with van der Waals surface area (Å²) in [4.78, 5) is 23.6. The molecule has 2 saturated carbocycles. The number of nitrogens with two attached hydrogens (primary N) is 1. The van der Waals surface area contributed by atoms with Gasteiger partial charge in [-0.2, -0.15) is 0 Å². The normalized spacial score (nSPS) is 26.8. The molecule has 5 rings (SSSR count). The van der Waals surface area contributed by atoms with Crippen molar-refractivity contribution in [2.75, 3.05) is 6.61 Å². The van der Waals surface area contributed by atoms with Crippen molar-refractivity contribution in [2.45, 2.75) is 37.6 Å². The number of carbonyl (C=O) groups is 2. The predicted molar refractivity (Wildman–Crippen MR) is 110 cm³/mol. The molecule has 0 spiro atoms. The smallest absolute Gasteiger partial charge is 0.407 e. The molecule has 0 aliphatic heterocycles. The quantitative estimate of drug-likeness (QED) is 0.814. The minimum absolute atomic E-state index is 0.0775. The van der Waals surface area contributed by atoms with Crippen LogP contribution in [-0.2, 0) is 9.53 Å². The highest BCUT2D eigenvalue weighted by Gasteiger charge is 2.48. The number of nitrogens with one attached hydrogen (secondary N) is 1. The van der Waals surface area contributed by atoms with Crippen LogP contribution in [0.1, 0.15) is 42.7 Å². The van der Waals surface area contributed by atoms with Crippen LogP contribution in [0.3, 0.4) is 0 Å². The Bertz CT molecular complexity index is 911. The molecule has 4 atom stereocenters. The van der Waals surface area contributed by atoms with Crippen LogP contribution >= 0.6 is 0 Å². The number of rotatable bonds is 5. The highest BCUT2D eigenvalue weighted by Crippen LogP contribution is 2.50. The Morgan fingerprint density at radius 1 is 0.966 bits per heavy atom. The predicted octanol–water partition coefficient (Wildman–Crippen LogP) is 3.82. The fourth-order valence-electron chi connectivity index (χ4n) is 5.75. The van der Waals surface area contributed by atoms with E-state index in [1.807, 2.05) is 24.3 Å². The Morgan fingerprint density at radius 3 is 2.28 bits per heavy atom. The van der Waals surface area contributed by atoms with Gasteiger partial charge in [0, 0.05) is 18.4 Å². The number of ether oxygens (including phenoxy) is 1. The van der Waals surface area contributed by atoms with Crippen molar-refractivity contribution in [2.24, 2.45) is 23.5 Å². The van der Waals surface area contributed by atoms with Gasteiger partial charge in [0.2, 0.25) is 5.91 Å². The molecule has 2 aromatic carbocycles. The lowest BCUT2D eigenvalue weighted by molar-refractivity contribution is -0.118. The first kappa shape index (κ1) is 18.2. The van der Waals surface area contributed by atoms with Gasteiger partial charge in [-0.25, -0.2) is 4.79 Å². The summed E-state index contributed by atoms with van der Waals surface area (Å²) in [5, 5.41) is 3.06. The topological polar surface area (TPSA) is 81.4 Å². The summed E-state index contributed by atoms with van der Waals surface area (Å²) >= 11 is 0. The molecule has 2 fully saturated rings. The van der Waals surface area contributed by atoms with Crippen LogP contribution in [0, 0.1) is 17.8 Å². The van der Waals surface area contributed by atoms with Gasteiger partial charge in [0.05, 0.1) is 0 Å². The maximum Gasteiger partial charge on any atom is 0.407 e. The van der Waals surface area contributed by atoms with Gasteiger partial charge in [0.25, 0.3) is 0 Å². The minimum Gasteiger partial charge on any atom is -0.449 e. The number of primary amides is 1. The first-order valence-corrected chi connectivity index (χ1v) is 10.5. The molecule has 3 aliphatic carbocycles. The summed E-state index contributed by atoms with van der Waals surface area (Å²) in [6.45, 7) is 0.338. The number of hydrogen-bond acceptors (Lipinski definition) is 3. The first-order valence-electron chi connectivity index (χ1n) is 10.5. The summed E-state index contributed by atoms with van der Waals surface area (Å²) in [6, 6.07) is 16.8. The number of amides is 2. The third-order valence-electron chi connectivity index (χ3n) is 7.06. The molecule has 0 bridgehead atoms. The van der Waals surface area contributed by atoms with Gasteiger partial charge in [-0.3, -0.25) is 4.79 Å². The zero-order valence-corrected chi connectivity index (χ0v) is 16.3. The standard InChI is InChI=1S/C24H26N2O3/c25-23(27)11-14-9-15-12-22(20(15)10-14)26-24(28)29-13-21-18-7-3-1-5-16(18)17-6-2-4-8-19(17)21/h1-8,14-15,20-22H,9-13H2,(H2,25,27)(H,26,28). The van der Waals surface area contributed by atoms with Crippen molar-refractivity contribution in [1.29, 1.82) is 0 Å². The maximum absolute atomic E-state index is 12.5. The number of fused-ring (bicyclic) bond motifs is 4. The number of hydrogen-bond donors (Lipinski definition) is 2. The Labute approximate surface area is 170 Å². The molecule has 4 unspecified atom stereocenters. The highest BCUT2D eigenvalue weighted by molar-refractivity contribution is 5.79. The molecule has 0 radical (unpaired) electrons. The zero-order chi connectivity index (χ0) is 20.0. The number of alkyl carbamates (subject to hydrolysis) is 1. The third-order valence-corrected chi connectivity index (χ3v) is 7.06. The third kappa shape index (κ3) is 3.28. The summed E-state index contributed by atoms with van der Waals surface area (Å²) in [5.41, 5.74) is 10.2.